The second-order valence-electron chi connectivity index (χ2n) is 4.42. The first-order chi connectivity index (χ1) is 8.53. The summed E-state index contributed by atoms with van der Waals surface area (Å²) in [5.74, 6) is -0.346. The molecule has 1 heterocycles. The van der Waals surface area contributed by atoms with Crippen LogP contribution in [0.4, 0.5) is 5.69 Å². The van der Waals surface area contributed by atoms with Crippen LogP contribution in [-0.2, 0) is 6.42 Å². The maximum Gasteiger partial charge on any atom is 0.274 e. The Kier molecular flexibility index (Phi) is 4.72. The van der Waals surface area contributed by atoms with Crippen molar-refractivity contribution in [1.82, 2.24) is 15.5 Å². The Morgan fingerprint density at radius 1 is 1.44 bits per heavy atom. The van der Waals surface area contributed by atoms with Gasteiger partial charge in [-0.15, -0.1) is 0 Å². The number of H-pyrrole nitrogens is 1. The van der Waals surface area contributed by atoms with Crippen molar-refractivity contribution in [2.45, 2.75) is 45.6 Å². The number of anilines is 1. The largest absolute Gasteiger partial charge is 0.395 e. The maximum absolute atomic E-state index is 12.1. The number of aromatic nitrogens is 2. The van der Waals surface area contributed by atoms with Gasteiger partial charge in [-0.05, 0) is 19.3 Å². The molecule has 0 bridgehead atoms. The molecular weight excluding hydrogens is 232 g/mol. The molecule has 5 N–H and O–H groups in total. The fraction of sp³-hybridized carbons (Fsp3) is 0.667. The van der Waals surface area contributed by atoms with Crippen LogP contribution in [0.1, 0.15) is 49.8 Å². The molecule has 102 valence electrons. The van der Waals surface area contributed by atoms with Crippen molar-refractivity contribution in [3.8, 4) is 0 Å². The number of nitrogens with zero attached hydrogens (tertiary/aromatic N) is 1. The number of nitrogen functional groups attached to an aromatic ring is 1. The van der Waals surface area contributed by atoms with Gasteiger partial charge in [0, 0.05) is 0 Å². The molecule has 0 aliphatic heterocycles. The Morgan fingerprint density at radius 2 is 2.06 bits per heavy atom. The highest BCUT2D eigenvalue weighted by Crippen LogP contribution is 2.18. The van der Waals surface area contributed by atoms with Gasteiger partial charge in [0.1, 0.15) is 0 Å². The highest BCUT2D eigenvalue weighted by Gasteiger charge is 2.29. The van der Waals surface area contributed by atoms with E-state index in [0.29, 0.717) is 24.9 Å². The summed E-state index contributed by atoms with van der Waals surface area (Å²) < 4.78 is 0. The number of aromatic amines is 1. The van der Waals surface area contributed by atoms with Crippen LogP contribution in [0.25, 0.3) is 0 Å². The Balaban J connectivity index is 2.90. The Bertz CT molecular complexity index is 402. The van der Waals surface area contributed by atoms with Crippen LogP contribution in [-0.4, -0.2) is 33.4 Å². The van der Waals surface area contributed by atoms with Gasteiger partial charge in [-0.1, -0.05) is 20.8 Å². The number of nitrogens with two attached hydrogens (primary N) is 1. The number of nitrogens with one attached hydrogen (secondary N) is 2. The first-order valence-corrected chi connectivity index (χ1v) is 6.29. The van der Waals surface area contributed by atoms with Crippen LogP contribution in [0.2, 0.25) is 0 Å². The van der Waals surface area contributed by atoms with Crippen molar-refractivity contribution >= 4 is 11.6 Å². The van der Waals surface area contributed by atoms with E-state index in [1.807, 2.05) is 20.8 Å². The summed E-state index contributed by atoms with van der Waals surface area (Å²) in [6.45, 7) is 5.68. The second kappa shape index (κ2) is 5.86. The van der Waals surface area contributed by atoms with Crippen LogP contribution in [0, 0.1) is 0 Å². The summed E-state index contributed by atoms with van der Waals surface area (Å²) in [7, 11) is 0. The molecule has 0 aliphatic rings. The topological polar surface area (TPSA) is 104 Å². The van der Waals surface area contributed by atoms with Gasteiger partial charge in [0.05, 0.1) is 23.5 Å². The van der Waals surface area contributed by atoms with Crippen molar-refractivity contribution in [3.63, 3.8) is 0 Å². The highest BCUT2D eigenvalue weighted by molar-refractivity contribution is 5.98. The number of aliphatic hydroxyl groups excluding tert-OH is 1. The number of rotatable bonds is 6. The molecule has 18 heavy (non-hydrogen) atoms. The average molecular weight is 254 g/mol. The fourth-order valence-corrected chi connectivity index (χ4v) is 1.82. The standard InChI is InChI=1S/C12H22N4O2/c1-4-8-9(13)10(16-15-8)11(18)14-12(5-2,6-3)7-17/h17H,4-7,13H2,1-3H3,(H,14,18)(H,15,16). The summed E-state index contributed by atoms with van der Waals surface area (Å²) in [5.41, 5.74) is 6.58. The molecule has 1 aromatic rings. The van der Waals surface area contributed by atoms with E-state index >= 15 is 0 Å². The third kappa shape index (κ3) is 2.64. The molecule has 0 unspecified atom stereocenters. The lowest BCUT2D eigenvalue weighted by Gasteiger charge is -2.30. The summed E-state index contributed by atoms with van der Waals surface area (Å²) in [6.07, 6.45) is 1.99. The molecule has 0 spiro atoms. The minimum atomic E-state index is -0.602. The Hall–Kier alpha value is -1.56. The van der Waals surface area contributed by atoms with Gasteiger partial charge in [0.2, 0.25) is 0 Å². The number of aliphatic hydroxyl groups is 1. The molecule has 1 aromatic heterocycles. The molecular formula is C12H22N4O2. The molecule has 0 atom stereocenters. The Morgan fingerprint density at radius 3 is 2.44 bits per heavy atom. The zero-order chi connectivity index (χ0) is 13.8. The van der Waals surface area contributed by atoms with Crippen LogP contribution >= 0.6 is 0 Å². The van der Waals surface area contributed by atoms with E-state index in [-0.39, 0.29) is 18.2 Å². The minimum Gasteiger partial charge on any atom is -0.395 e. The SMILES string of the molecule is CCc1[nH]nc(C(=O)NC(CC)(CC)CO)c1N. The third-order valence-electron chi connectivity index (χ3n) is 3.49. The van der Waals surface area contributed by atoms with Crippen LogP contribution < -0.4 is 11.1 Å². The first kappa shape index (κ1) is 14.5. The number of hydrogen-bond donors (Lipinski definition) is 4. The normalized spacial score (nSPS) is 11.6. The summed E-state index contributed by atoms with van der Waals surface area (Å²) in [4.78, 5) is 12.1. The fourth-order valence-electron chi connectivity index (χ4n) is 1.82. The van der Waals surface area contributed by atoms with Gasteiger partial charge in [-0.3, -0.25) is 9.89 Å². The quantitative estimate of drug-likeness (QED) is 0.603. The molecule has 0 saturated carbocycles. The minimum absolute atomic E-state index is 0.100. The number of hydrogen-bond acceptors (Lipinski definition) is 4. The van der Waals surface area contributed by atoms with Gasteiger partial charge >= 0.3 is 0 Å². The van der Waals surface area contributed by atoms with Crippen molar-refractivity contribution < 1.29 is 9.90 Å². The van der Waals surface area contributed by atoms with Crippen molar-refractivity contribution in [3.05, 3.63) is 11.4 Å². The van der Waals surface area contributed by atoms with Crippen LogP contribution in [0.15, 0.2) is 0 Å². The zero-order valence-electron chi connectivity index (χ0n) is 11.2. The number of amides is 1. The van der Waals surface area contributed by atoms with Crippen LogP contribution in [0.3, 0.4) is 0 Å². The summed E-state index contributed by atoms with van der Waals surface area (Å²) in [6, 6.07) is 0. The molecule has 0 aromatic carbocycles. The number of carbonyl (C=O) groups is 1. The van der Waals surface area contributed by atoms with E-state index in [9.17, 15) is 9.90 Å². The number of aryl methyl sites for hydroxylation is 1. The molecule has 6 nitrogen and oxygen atoms in total. The van der Waals surface area contributed by atoms with E-state index in [2.05, 4.69) is 15.5 Å². The number of carbonyl (C=O) groups excluding carboxylic acids is 1. The predicted octanol–water partition coefficient (Wildman–Crippen LogP) is 0.835. The maximum atomic E-state index is 12.1. The lowest BCUT2D eigenvalue weighted by molar-refractivity contribution is 0.0813. The monoisotopic (exact) mass is 254 g/mol. The first-order valence-electron chi connectivity index (χ1n) is 6.29. The van der Waals surface area contributed by atoms with Crippen molar-refractivity contribution in [2.24, 2.45) is 0 Å². The summed E-state index contributed by atoms with van der Waals surface area (Å²) in [5, 5.41) is 18.9. The molecule has 6 heteroatoms. The van der Waals surface area contributed by atoms with E-state index < -0.39 is 5.54 Å². The van der Waals surface area contributed by atoms with Gasteiger partial charge < -0.3 is 16.2 Å². The van der Waals surface area contributed by atoms with E-state index in [1.54, 1.807) is 0 Å². The molecule has 0 fully saturated rings. The summed E-state index contributed by atoms with van der Waals surface area (Å²) >= 11 is 0. The lowest BCUT2D eigenvalue weighted by atomic mass is 9.93. The van der Waals surface area contributed by atoms with Gasteiger partial charge in [-0.2, -0.15) is 5.10 Å². The van der Waals surface area contributed by atoms with Gasteiger partial charge in [0.15, 0.2) is 5.69 Å². The van der Waals surface area contributed by atoms with Crippen LogP contribution in [0.5, 0.6) is 0 Å². The van der Waals surface area contributed by atoms with Crippen molar-refractivity contribution in [2.75, 3.05) is 12.3 Å². The van der Waals surface area contributed by atoms with Gasteiger partial charge in [0.25, 0.3) is 5.91 Å². The van der Waals surface area contributed by atoms with Crippen molar-refractivity contribution in [1.29, 1.82) is 0 Å². The second-order valence-corrected chi connectivity index (χ2v) is 4.42. The highest BCUT2D eigenvalue weighted by atomic mass is 16.3. The van der Waals surface area contributed by atoms with E-state index in [0.717, 1.165) is 5.69 Å². The molecule has 1 amide bonds. The zero-order valence-corrected chi connectivity index (χ0v) is 11.2. The molecule has 0 radical (unpaired) electrons. The Labute approximate surface area is 107 Å². The molecule has 1 rings (SSSR count). The average Bonchev–Trinajstić information content (AvgIpc) is 2.77. The lowest BCUT2D eigenvalue weighted by Crippen LogP contribution is -2.50. The van der Waals surface area contributed by atoms with E-state index in [4.69, 9.17) is 5.73 Å². The third-order valence-corrected chi connectivity index (χ3v) is 3.49. The molecule has 0 saturated heterocycles. The molecule has 0 aliphatic carbocycles. The predicted molar refractivity (Wildman–Crippen MR) is 70.2 cm³/mol. The smallest absolute Gasteiger partial charge is 0.274 e. The van der Waals surface area contributed by atoms with E-state index in [1.165, 1.54) is 0 Å². The van der Waals surface area contributed by atoms with Gasteiger partial charge in [-0.25, -0.2) is 0 Å².